The second kappa shape index (κ2) is 12.2. The number of rotatable bonds is 8. The molecule has 6 rings (SSSR count). The van der Waals surface area contributed by atoms with Gasteiger partial charge < -0.3 is 15.4 Å². The fourth-order valence-electron chi connectivity index (χ4n) is 6.41. The van der Waals surface area contributed by atoms with Crippen LogP contribution in [0.15, 0.2) is 41.3 Å². The Hall–Kier alpha value is -3.54. The Morgan fingerprint density at radius 3 is 2.49 bits per heavy atom. The van der Waals surface area contributed by atoms with Crippen molar-refractivity contribution in [1.82, 2.24) is 29.0 Å². The first-order valence-electron chi connectivity index (χ1n) is 15.1. The third-order valence-corrected chi connectivity index (χ3v) is 9.78. The monoisotopic (exact) mass is 603 g/mol. The molecule has 11 heteroatoms. The molecule has 0 radical (unpaired) electrons. The van der Waals surface area contributed by atoms with Gasteiger partial charge in [-0.05, 0) is 101 Å². The second-order valence-corrected chi connectivity index (χ2v) is 14.4. The predicted octanol–water partition coefficient (Wildman–Crippen LogP) is 4.09. The number of benzene rings is 1. The van der Waals surface area contributed by atoms with Gasteiger partial charge in [0.15, 0.2) is 0 Å². The van der Waals surface area contributed by atoms with Crippen LogP contribution < -0.4 is 16.2 Å². The van der Waals surface area contributed by atoms with Crippen LogP contribution in [0, 0.1) is 25.7 Å². The first-order valence-corrected chi connectivity index (χ1v) is 17.2. The van der Waals surface area contributed by atoms with Gasteiger partial charge in [-0.2, -0.15) is 14.2 Å². The Morgan fingerprint density at radius 1 is 1.09 bits per heavy atom. The number of anilines is 2. The molecule has 1 atom stereocenters. The van der Waals surface area contributed by atoms with Crippen molar-refractivity contribution in [3.8, 4) is 11.1 Å². The number of hydrogen-bond acceptors (Lipinski definition) is 8. The zero-order valence-corrected chi connectivity index (χ0v) is 26.1. The minimum absolute atomic E-state index is 0.150. The third-order valence-electron chi connectivity index (χ3n) is 8.69. The zero-order valence-electron chi connectivity index (χ0n) is 25.3. The van der Waals surface area contributed by atoms with Gasteiger partial charge in [0.2, 0.25) is 5.95 Å². The maximum Gasteiger partial charge on any atom is 0.260 e. The van der Waals surface area contributed by atoms with Gasteiger partial charge in [0.25, 0.3) is 5.56 Å². The van der Waals surface area contributed by atoms with Crippen molar-refractivity contribution in [3.63, 3.8) is 0 Å². The molecule has 4 aromatic rings. The van der Waals surface area contributed by atoms with E-state index in [1.54, 1.807) is 17.0 Å². The first-order chi connectivity index (χ1) is 20.7. The van der Waals surface area contributed by atoms with E-state index in [2.05, 4.69) is 50.9 Å². The van der Waals surface area contributed by atoms with Crippen LogP contribution in [0.1, 0.15) is 42.6 Å². The van der Waals surface area contributed by atoms with Crippen LogP contribution in [0.4, 0.5) is 11.6 Å². The van der Waals surface area contributed by atoms with Crippen molar-refractivity contribution in [2.24, 2.45) is 11.8 Å². The van der Waals surface area contributed by atoms with Gasteiger partial charge >= 0.3 is 0 Å². The van der Waals surface area contributed by atoms with Gasteiger partial charge in [-0.3, -0.25) is 9.36 Å². The van der Waals surface area contributed by atoms with Crippen LogP contribution >= 0.6 is 0 Å². The molecular formula is C32H41N7O3S. The molecule has 0 amide bonds. The topological polar surface area (TPSA) is 116 Å². The summed E-state index contributed by atoms with van der Waals surface area (Å²) in [6, 6.07) is 10.3. The summed E-state index contributed by atoms with van der Waals surface area (Å²) in [7, 11) is -2.63. The maximum atomic E-state index is 14.2. The summed E-state index contributed by atoms with van der Waals surface area (Å²) in [5.74, 6) is 5.26. The highest BCUT2D eigenvalue weighted by atomic mass is 32.2. The van der Waals surface area contributed by atoms with E-state index < -0.39 is 9.71 Å². The van der Waals surface area contributed by atoms with Gasteiger partial charge in [0.05, 0.1) is 26.7 Å². The van der Waals surface area contributed by atoms with Gasteiger partial charge in [0.1, 0.15) is 5.65 Å². The highest BCUT2D eigenvalue weighted by Crippen LogP contribution is 2.29. The molecule has 2 N–H and O–H groups in total. The maximum absolute atomic E-state index is 14.2. The van der Waals surface area contributed by atoms with E-state index in [1.165, 1.54) is 22.5 Å². The van der Waals surface area contributed by atoms with Crippen LogP contribution in [0.3, 0.4) is 0 Å². The van der Waals surface area contributed by atoms with Crippen LogP contribution in [-0.4, -0.2) is 66.4 Å². The summed E-state index contributed by atoms with van der Waals surface area (Å²) in [6.45, 7) is 7.77. The van der Waals surface area contributed by atoms with Crippen LogP contribution in [0.5, 0.6) is 0 Å². The number of hydrogen-bond donors (Lipinski definition) is 2. The van der Waals surface area contributed by atoms with E-state index in [0.717, 1.165) is 49.3 Å². The van der Waals surface area contributed by atoms with Crippen molar-refractivity contribution in [2.75, 3.05) is 37.9 Å². The summed E-state index contributed by atoms with van der Waals surface area (Å²) in [5.41, 5.74) is 5.13. The Morgan fingerprint density at radius 2 is 1.81 bits per heavy atom. The number of nitrogens with one attached hydrogen (secondary N) is 2. The van der Waals surface area contributed by atoms with Crippen molar-refractivity contribution in [3.05, 3.63) is 63.8 Å². The summed E-state index contributed by atoms with van der Waals surface area (Å²) < 4.78 is 21.6. The molecule has 10 nitrogen and oxygen atoms in total. The van der Waals surface area contributed by atoms with Crippen LogP contribution in [-0.2, 0) is 27.4 Å². The Kier molecular flexibility index (Phi) is 8.39. The lowest BCUT2D eigenvalue weighted by atomic mass is 9.91. The molecule has 2 saturated heterocycles. The molecule has 1 aromatic carbocycles. The molecule has 5 heterocycles. The minimum atomic E-state index is -2.63. The van der Waals surface area contributed by atoms with E-state index in [9.17, 15) is 9.00 Å². The number of aryl methyl sites for hydroxylation is 1. The summed E-state index contributed by atoms with van der Waals surface area (Å²) >= 11 is 0. The zero-order chi connectivity index (χ0) is 30.1. The minimum Gasteiger partial charge on any atom is -0.381 e. The molecule has 0 bridgehead atoms. The van der Waals surface area contributed by atoms with Gasteiger partial charge in [0, 0.05) is 48.8 Å². The number of pyridine rings is 1. The average molecular weight is 604 g/mol. The highest BCUT2D eigenvalue weighted by molar-refractivity contribution is 7.98. The van der Waals surface area contributed by atoms with E-state index in [0.29, 0.717) is 59.8 Å². The number of aromatic nitrogens is 5. The summed E-state index contributed by atoms with van der Waals surface area (Å²) in [5, 5.41) is 12.0. The highest BCUT2D eigenvalue weighted by Gasteiger charge is 2.24. The van der Waals surface area contributed by atoms with Crippen molar-refractivity contribution in [2.45, 2.75) is 52.5 Å². The molecule has 2 aliphatic heterocycles. The van der Waals surface area contributed by atoms with Gasteiger partial charge in [-0.25, -0.2) is 9.19 Å². The Balaban J connectivity index is 1.36. The third kappa shape index (κ3) is 6.39. The number of nitrogens with zero attached hydrogens (tertiary/aromatic N) is 5. The van der Waals surface area contributed by atoms with Crippen molar-refractivity contribution in [1.29, 1.82) is 0 Å². The second-order valence-electron chi connectivity index (χ2n) is 12.1. The number of ether oxygens (including phenoxy) is 1. The van der Waals surface area contributed by atoms with E-state index in [-0.39, 0.29) is 5.56 Å². The lowest BCUT2D eigenvalue weighted by Gasteiger charge is -2.24. The predicted molar refractivity (Wildman–Crippen MR) is 174 cm³/mol. The lowest BCUT2D eigenvalue weighted by molar-refractivity contribution is 0.0613. The fraction of sp³-hybridized carbons (Fsp3) is 0.469. The fourth-order valence-corrected chi connectivity index (χ4v) is 7.38. The smallest absolute Gasteiger partial charge is 0.260 e. The molecule has 3 aromatic heterocycles. The first kappa shape index (κ1) is 29.5. The Labute approximate surface area is 253 Å². The summed E-state index contributed by atoms with van der Waals surface area (Å²) in [6.07, 6.45) is 8.61. The lowest BCUT2D eigenvalue weighted by Crippen LogP contribution is -2.29. The van der Waals surface area contributed by atoms with Gasteiger partial charge in [-0.15, -0.1) is 0 Å². The summed E-state index contributed by atoms with van der Waals surface area (Å²) in [4.78, 5) is 23.7. The van der Waals surface area contributed by atoms with Crippen molar-refractivity contribution < 1.29 is 8.95 Å². The van der Waals surface area contributed by atoms with E-state index in [4.69, 9.17) is 9.72 Å². The normalized spacial score (nSPS) is 18.1. The largest absolute Gasteiger partial charge is 0.381 e. The SMILES string of the molecule is C=S(C)(=O)n1nc(C)c(-c2cc3cnc(Nc4ccc(CC5CCNCC5)cc4)nc3n(CC3CCOCC3)c2=O)c1C. The molecule has 0 spiro atoms. The molecule has 228 valence electrons. The van der Waals surface area contributed by atoms with Crippen LogP contribution in [0.2, 0.25) is 0 Å². The quantitative estimate of drug-likeness (QED) is 0.290. The van der Waals surface area contributed by atoms with Crippen LogP contribution in [0.25, 0.3) is 22.2 Å². The Bertz CT molecular complexity index is 1780. The van der Waals surface area contributed by atoms with Crippen molar-refractivity contribution >= 4 is 38.2 Å². The van der Waals surface area contributed by atoms with E-state index in [1.807, 2.05) is 19.9 Å². The standard InChI is InChI=1S/C32H41N7O3S/c1-21-29(22(2)39(37-21)43(3,4)41)28-18-26-19-34-32(36-30(26)38(31(28)40)20-25-11-15-42-16-12-25)35-27-7-5-23(6-8-27)17-24-9-13-33-14-10-24/h5-8,18-19,24-25,33H,3,9-17,20H2,1-2,4H3,(H,34,35,36). The number of fused-ring (bicyclic) bond motifs is 1. The molecule has 2 aliphatic rings. The molecule has 0 saturated carbocycles. The van der Waals surface area contributed by atoms with Gasteiger partial charge in [-0.1, -0.05) is 12.1 Å². The molecule has 43 heavy (non-hydrogen) atoms. The van der Waals surface area contributed by atoms with E-state index >= 15 is 0 Å². The number of piperidine rings is 1. The molecule has 0 aliphatic carbocycles. The molecular weight excluding hydrogens is 562 g/mol. The molecule has 2 fully saturated rings. The molecule has 1 unspecified atom stereocenters. The average Bonchev–Trinajstić information content (AvgIpc) is 3.30.